The summed E-state index contributed by atoms with van der Waals surface area (Å²) in [7, 11) is 1.26. The van der Waals surface area contributed by atoms with Gasteiger partial charge in [-0.05, 0) is 18.1 Å². The van der Waals surface area contributed by atoms with E-state index >= 15 is 0 Å². The second-order valence-electron chi connectivity index (χ2n) is 3.13. The van der Waals surface area contributed by atoms with Crippen LogP contribution in [0.5, 0.6) is 0 Å². The number of rotatable bonds is 3. The summed E-state index contributed by atoms with van der Waals surface area (Å²) in [4.78, 5) is 14.1. The summed E-state index contributed by atoms with van der Waals surface area (Å²) in [5, 5.41) is 0. The molecule has 0 fully saturated rings. The van der Waals surface area contributed by atoms with Gasteiger partial charge in [0.15, 0.2) is 0 Å². The quantitative estimate of drug-likeness (QED) is 0.751. The van der Waals surface area contributed by atoms with Gasteiger partial charge in [-0.1, -0.05) is 6.07 Å². The maximum Gasteiger partial charge on any atom is 0.433 e. The Morgan fingerprint density at radius 3 is 2.56 bits per heavy atom. The van der Waals surface area contributed by atoms with E-state index in [2.05, 4.69) is 9.72 Å². The zero-order valence-corrected chi connectivity index (χ0v) is 8.54. The second kappa shape index (κ2) is 4.96. The number of hydrogen-bond donors (Lipinski definition) is 0. The van der Waals surface area contributed by atoms with E-state index in [0.29, 0.717) is 12.0 Å². The Morgan fingerprint density at radius 2 is 2.12 bits per heavy atom. The van der Waals surface area contributed by atoms with Crippen molar-refractivity contribution in [2.24, 2.45) is 0 Å². The highest BCUT2D eigenvalue weighted by atomic mass is 19.4. The third-order valence-corrected chi connectivity index (χ3v) is 1.96. The maximum atomic E-state index is 12.2. The van der Waals surface area contributed by atoms with Crippen molar-refractivity contribution in [3.8, 4) is 0 Å². The van der Waals surface area contributed by atoms with Gasteiger partial charge in [0.2, 0.25) is 0 Å². The van der Waals surface area contributed by atoms with E-state index in [1.807, 2.05) is 0 Å². The number of pyridine rings is 1. The normalized spacial score (nSPS) is 11.2. The molecule has 6 heteroatoms. The van der Waals surface area contributed by atoms with Crippen LogP contribution in [0.3, 0.4) is 0 Å². The van der Waals surface area contributed by atoms with Crippen LogP contribution in [0.15, 0.2) is 18.3 Å². The predicted molar refractivity (Wildman–Crippen MR) is 49.6 cm³/mol. The van der Waals surface area contributed by atoms with E-state index in [9.17, 15) is 18.0 Å². The highest BCUT2D eigenvalue weighted by Crippen LogP contribution is 2.27. The van der Waals surface area contributed by atoms with Gasteiger partial charge in [0.25, 0.3) is 0 Å². The number of methoxy groups -OCH3 is 1. The summed E-state index contributed by atoms with van der Waals surface area (Å²) in [5.41, 5.74) is -0.368. The molecule has 1 heterocycles. The number of carbonyl (C=O) groups is 1. The molecule has 0 radical (unpaired) electrons. The molecule has 0 saturated heterocycles. The molecule has 0 spiro atoms. The second-order valence-corrected chi connectivity index (χ2v) is 3.13. The Bertz CT molecular complexity index is 359. The molecule has 0 unspecified atom stereocenters. The molecule has 0 saturated carbocycles. The summed E-state index contributed by atoms with van der Waals surface area (Å²) < 4.78 is 40.9. The van der Waals surface area contributed by atoms with Crippen LogP contribution in [0.1, 0.15) is 17.7 Å². The van der Waals surface area contributed by atoms with Crippen molar-refractivity contribution in [2.75, 3.05) is 7.11 Å². The third-order valence-electron chi connectivity index (χ3n) is 1.96. The molecule has 0 aromatic carbocycles. The molecule has 0 atom stereocenters. The zero-order valence-electron chi connectivity index (χ0n) is 8.54. The van der Waals surface area contributed by atoms with Crippen LogP contribution in [0.25, 0.3) is 0 Å². The molecule has 1 rings (SSSR count). The highest BCUT2D eigenvalue weighted by Gasteiger charge is 2.31. The van der Waals surface area contributed by atoms with Gasteiger partial charge in [0.05, 0.1) is 7.11 Å². The van der Waals surface area contributed by atoms with Crippen LogP contribution < -0.4 is 0 Å². The minimum atomic E-state index is -4.43. The van der Waals surface area contributed by atoms with Gasteiger partial charge < -0.3 is 4.74 Å². The van der Waals surface area contributed by atoms with Gasteiger partial charge in [-0.25, -0.2) is 0 Å². The number of ether oxygens (including phenoxy) is 1. The zero-order chi connectivity index (χ0) is 12.2. The Morgan fingerprint density at radius 1 is 1.44 bits per heavy atom. The molecule has 0 aliphatic heterocycles. The molecule has 0 bridgehead atoms. The number of aryl methyl sites for hydroxylation is 1. The van der Waals surface area contributed by atoms with E-state index < -0.39 is 17.8 Å². The first-order valence-electron chi connectivity index (χ1n) is 4.52. The first-order chi connectivity index (χ1) is 7.43. The molecule has 1 aromatic rings. The van der Waals surface area contributed by atoms with Crippen molar-refractivity contribution in [1.29, 1.82) is 0 Å². The summed E-state index contributed by atoms with van der Waals surface area (Å²) in [6, 6.07) is 2.20. The number of esters is 1. The fourth-order valence-corrected chi connectivity index (χ4v) is 1.09. The highest BCUT2D eigenvalue weighted by molar-refractivity contribution is 5.69. The largest absolute Gasteiger partial charge is 0.469 e. The Balaban J connectivity index is 2.62. The Hall–Kier alpha value is -1.59. The number of hydrogen-bond acceptors (Lipinski definition) is 3. The van der Waals surface area contributed by atoms with Gasteiger partial charge in [-0.2, -0.15) is 13.2 Å². The molecule has 0 amide bonds. The lowest BCUT2D eigenvalue weighted by atomic mass is 10.1. The number of alkyl halides is 3. The fourth-order valence-electron chi connectivity index (χ4n) is 1.09. The molecule has 3 nitrogen and oxygen atoms in total. The molecule has 0 N–H and O–H groups in total. The molecular formula is C10H10F3NO2. The molecular weight excluding hydrogens is 223 g/mol. The molecule has 0 aliphatic rings. The first kappa shape index (κ1) is 12.5. The summed E-state index contributed by atoms with van der Waals surface area (Å²) in [5.74, 6) is -0.403. The first-order valence-corrected chi connectivity index (χ1v) is 4.52. The molecule has 1 aromatic heterocycles. The lowest BCUT2D eigenvalue weighted by Crippen LogP contribution is -2.08. The van der Waals surface area contributed by atoms with E-state index in [1.54, 1.807) is 0 Å². The van der Waals surface area contributed by atoms with Gasteiger partial charge in [-0.3, -0.25) is 9.78 Å². The minimum Gasteiger partial charge on any atom is -0.469 e. The summed E-state index contributed by atoms with van der Waals surface area (Å²) >= 11 is 0. The summed E-state index contributed by atoms with van der Waals surface area (Å²) in [6.45, 7) is 0. The van der Waals surface area contributed by atoms with E-state index in [4.69, 9.17) is 0 Å². The van der Waals surface area contributed by atoms with Crippen molar-refractivity contribution in [1.82, 2.24) is 4.98 Å². The Labute approximate surface area is 90.2 Å². The van der Waals surface area contributed by atoms with Gasteiger partial charge >= 0.3 is 12.1 Å². The van der Waals surface area contributed by atoms with Crippen LogP contribution in [-0.4, -0.2) is 18.1 Å². The number of carbonyl (C=O) groups excluding carboxylic acids is 1. The van der Waals surface area contributed by atoms with Crippen molar-refractivity contribution < 1.29 is 22.7 Å². The summed E-state index contributed by atoms with van der Waals surface area (Å²) in [6.07, 6.45) is -2.87. The SMILES string of the molecule is COC(=O)CCc1ccc(C(F)(F)F)nc1. The van der Waals surface area contributed by atoms with E-state index in [0.717, 1.165) is 12.3 Å². The van der Waals surface area contributed by atoms with Gasteiger partial charge in [0, 0.05) is 12.6 Å². The average Bonchev–Trinajstić information content (AvgIpc) is 2.25. The third kappa shape index (κ3) is 3.52. The monoisotopic (exact) mass is 233 g/mol. The molecule has 88 valence electrons. The van der Waals surface area contributed by atoms with Gasteiger partial charge in [0.1, 0.15) is 5.69 Å². The number of aromatic nitrogens is 1. The fraction of sp³-hybridized carbons (Fsp3) is 0.400. The van der Waals surface area contributed by atoms with Crippen molar-refractivity contribution >= 4 is 5.97 Å². The molecule has 16 heavy (non-hydrogen) atoms. The van der Waals surface area contributed by atoms with Crippen molar-refractivity contribution in [3.63, 3.8) is 0 Å². The topological polar surface area (TPSA) is 39.2 Å². The smallest absolute Gasteiger partial charge is 0.433 e. The van der Waals surface area contributed by atoms with Crippen LogP contribution >= 0.6 is 0 Å². The van der Waals surface area contributed by atoms with Crippen LogP contribution in [0.2, 0.25) is 0 Å². The van der Waals surface area contributed by atoms with Crippen LogP contribution in [-0.2, 0) is 22.1 Å². The van der Waals surface area contributed by atoms with E-state index in [-0.39, 0.29) is 6.42 Å². The minimum absolute atomic E-state index is 0.129. The van der Waals surface area contributed by atoms with E-state index in [1.165, 1.54) is 13.2 Å². The van der Waals surface area contributed by atoms with Crippen LogP contribution in [0, 0.1) is 0 Å². The Kier molecular flexibility index (Phi) is 3.87. The maximum absolute atomic E-state index is 12.2. The van der Waals surface area contributed by atoms with Gasteiger partial charge in [-0.15, -0.1) is 0 Å². The lowest BCUT2D eigenvalue weighted by Gasteiger charge is -2.06. The average molecular weight is 233 g/mol. The van der Waals surface area contributed by atoms with Crippen LogP contribution in [0.4, 0.5) is 13.2 Å². The number of nitrogens with zero attached hydrogens (tertiary/aromatic N) is 1. The lowest BCUT2D eigenvalue weighted by molar-refractivity contribution is -0.142. The van der Waals surface area contributed by atoms with Crippen molar-refractivity contribution in [3.05, 3.63) is 29.6 Å². The molecule has 0 aliphatic carbocycles. The number of halogens is 3. The predicted octanol–water partition coefficient (Wildman–Crippen LogP) is 2.21. The van der Waals surface area contributed by atoms with Crippen molar-refractivity contribution in [2.45, 2.75) is 19.0 Å². The standard InChI is InChI=1S/C10H10F3NO2/c1-16-9(15)5-3-7-2-4-8(14-6-7)10(11,12)13/h2,4,6H,3,5H2,1H3.